The molecule has 0 spiro atoms. The monoisotopic (exact) mass is 173 g/mol. The number of carbonyl (C=O) groups excluding carboxylic acids is 1. The lowest BCUT2D eigenvalue weighted by Gasteiger charge is -2.20. The van der Waals surface area contributed by atoms with E-state index in [0.717, 1.165) is 6.42 Å². The van der Waals surface area contributed by atoms with E-state index in [1.807, 2.05) is 20.8 Å². The summed E-state index contributed by atoms with van der Waals surface area (Å²) in [6.07, 6.45) is 0.941. The Labute approximate surface area is 74.3 Å². The zero-order valence-electron chi connectivity index (χ0n) is 8.22. The molecule has 12 heavy (non-hydrogen) atoms. The molecule has 0 heterocycles. The molecular formula is C9H19NO2. The van der Waals surface area contributed by atoms with Crippen LogP contribution >= 0.6 is 0 Å². The second kappa shape index (κ2) is 5.27. The highest BCUT2D eigenvalue weighted by atomic mass is 16.5. The zero-order valence-corrected chi connectivity index (χ0v) is 8.22. The number of ketones is 1. The van der Waals surface area contributed by atoms with Gasteiger partial charge in [0, 0.05) is 18.6 Å². The largest absolute Gasteiger partial charge is 0.374 e. The minimum atomic E-state index is -0.437. The van der Waals surface area contributed by atoms with Gasteiger partial charge >= 0.3 is 0 Å². The van der Waals surface area contributed by atoms with Gasteiger partial charge in [-0.1, -0.05) is 20.8 Å². The van der Waals surface area contributed by atoms with Crippen LogP contribution in [-0.4, -0.2) is 25.5 Å². The Hall–Kier alpha value is -0.410. The molecule has 0 bridgehead atoms. The lowest BCUT2D eigenvalue weighted by Crippen LogP contribution is -2.35. The molecule has 0 saturated carbocycles. The maximum Gasteiger partial charge on any atom is 0.165 e. The molecule has 0 saturated heterocycles. The molecule has 3 nitrogen and oxygen atoms in total. The molecule has 2 N–H and O–H groups in total. The first-order chi connectivity index (χ1) is 5.54. The van der Waals surface area contributed by atoms with Gasteiger partial charge in [-0.15, -0.1) is 0 Å². The standard InChI is InChI=1S/C9H19NO2/c1-4-5-12-6-8(11)9(2,3)7-10/h4-7,10H2,1-3H3. The van der Waals surface area contributed by atoms with Crippen LogP contribution in [0.3, 0.4) is 0 Å². The van der Waals surface area contributed by atoms with Crippen LogP contribution in [-0.2, 0) is 9.53 Å². The van der Waals surface area contributed by atoms with Crippen LogP contribution in [0.1, 0.15) is 27.2 Å². The molecule has 0 rings (SSSR count). The summed E-state index contributed by atoms with van der Waals surface area (Å²) in [5.74, 6) is 0.0819. The third-order valence-corrected chi connectivity index (χ3v) is 1.85. The van der Waals surface area contributed by atoms with Gasteiger partial charge in [0.1, 0.15) is 6.61 Å². The van der Waals surface area contributed by atoms with E-state index < -0.39 is 5.41 Å². The van der Waals surface area contributed by atoms with E-state index in [2.05, 4.69) is 0 Å². The average Bonchev–Trinajstić information content (AvgIpc) is 2.05. The van der Waals surface area contributed by atoms with Crippen molar-refractivity contribution in [1.29, 1.82) is 0 Å². The van der Waals surface area contributed by atoms with E-state index in [1.54, 1.807) is 0 Å². The fourth-order valence-corrected chi connectivity index (χ4v) is 0.618. The first-order valence-electron chi connectivity index (χ1n) is 4.35. The highest BCUT2D eigenvalue weighted by Crippen LogP contribution is 2.13. The van der Waals surface area contributed by atoms with Gasteiger partial charge in [-0.3, -0.25) is 4.79 Å². The number of ether oxygens (including phenoxy) is 1. The molecule has 0 aliphatic rings. The van der Waals surface area contributed by atoms with Crippen molar-refractivity contribution in [3.63, 3.8) is 0 Å². The minimum absolute atomic E-state index is 0.0819. The Balaban J connectivity index is 3.72. The number of carbonyl (C=O) groups is 1. The molecule has 0 aromatic rings. The van der Waals surface area contributed by atoms with Crippen molar-refractivity contribution in [2.24, 2.45) is 11.1 Å². The minimum Gasteiger partial charge on any atom is -0.374 e. The molecule has 0 aliphatic heterocycles. The molecule has 0 fully saturated rings. The zero-order chi connectivity index (χ0) is 9.61. The predicted octanol–water partition coefficient (Wildman–Crippen LogP) is 0.967. The van der Waals surface area contributed by atoms with Gasteiger partial charge in [-0.2, -0.15) is 0 Å². The van der Waals surface area contributed by atoms with E-state index in [9.17, 15) is 4.79 Å². The quantitative estimate of drug-likeness (QED) is 0.609. The van der Waals surface area contributed by atoms with Crippen molar-refractivity contribution < 1.29 is 9.53 Å². The number of rotatable bonds is 6. The molecular weight excluding hydrogens is 154 g/mol. The van der Waals surface area contributed by atoms with E-state index in [1.165, 1.54) is 0 Å². The Morgan fingerprint density at radius 3 is 2.50 bits per heavy atom. The van der Waals surface area contributed by atoms with Gasteiger partial charge in [-0.05, 0) is 6.42 Å². The van der Waals surface area contributed by atoms with Crippen LogP contribution in [0.5, 0.6) is 0 Å². The van der Waals surface area contributed by atoms with Gasteiger partial charge in [0.2, 0.25) is 0 Å². The molecule has 3 heteroatoms. The van der Waals surface area contributed by atoms with E-state index in [-0.39, 0.29) is 12.4 Å². The molecule has 0 radical (unpaired) electrons. The number of Topliss-reactive ketones (excluding diaryl/α,β-unsaturated/α-hetero) is 1. The summed E-state index contributed by atoms with van der Waals surface area (Å²) >= 11 is 0. The van der Waals surface area contributed by atoms with E-state index in [4.69, 9.17) is 10.5 Å². The Bertz CT molecular complexity index is 143. The van der Waals surface area contributed by atoms with Crippen LogP contribution < -0.4 is 5.73 Å². The van der Waals surface area contributed by atoms with Crippen LogP contribution in [0.2, 0.25) is 0 Å². The fourth-order valence-electron chi connectivity index (χ4n) is 0.618. The van der Waals surface area contributed by atoms with Crippen molar-refractivity contribution in [1.82, 2.24) is 0 Å². The maximum absolute atomic E-state index is 11.4. The SMILES string of the molecule is CCCOCC(=O)C(C)(C)CN. The second-order valence-corrected chi connectivity index (χ2v) is 3.56. The third-order valence-electron chi connectivity index (χ3n) is 1.85. The fraction of sp³-hybridized carbons (Fsp3) is 0.889. The summed E-state index contributed by atoms with van der Waals surface area (Å²) in [6.45, 7) is 6.90. The molecule has 0 aromatic heterocycles. The van der Waals surface area contributed by atoms with E-state index >= 15 is 0 Å². The van der Waals surface area contributed by atoms with Gasteiger partial charge in [0.15, 0.2) is 5.78 Å². The molecule has 0 unspecified atom stereocenters. The van der Waals surface area contributed by atoms with Crippen LogP contribution in [0, 0.1) is 5.41 Å². The van der Waals surface area contributed by atoms with Crippen molar-refractivity contribution in [2.75, 3.05) is 19.8 Å². The number of hydrogen-bond acceptors (Lipinski definition) is 3. The lowest BCUT2D eigenvalue weighted by atomic mass is 9.89. The lowest BCUT2D eigenvalue weighted by molar-refractivity contribution is -0.131. The van der Waals surface area contributed by atoms with Crippen LogP contribution in [0.15, 0.2) is 0 Å². The molecule has 0 aliphatic carbocycles. The Kier molecular flexibility index (Phi) is 5.09. The van der Waals surface area contributed by atoms with Crippen LogP contribution in [0.25, 0.3) is 0 Å². The highest BCUT2D eigenvalue weighted by Gasteiger charge is 2.25. The normalized spacial score (nSPS) is 11.7. The molecule has 0 amide bonds. The van der Waals surface area contributed by atoms with Crippen molar-refractivity contribution >= 4 is 5.78 Å². The van der Waals surface area contributed by atoms with Crippen molar-refractivity contribution in [3.8, 4) is 0 Å². The first-order valence-corrected chi connectivity index (χ1v) is 4.35. The smallest absolute Gasteiger partial charge is 0.165 e. The molecule has 72 valence electrons. The summed E-state index contributed by atoms with van der Waals surface area (Å²) in [5, 5.41) is 0. The van der Waals surface area contributed by atoms with Crippen molar-refractivity contribution in [3.05, 3.63) is 0 Å². The summed E-state index contributed by atoms with van der Waals surface area (Å²) in [5.41, 5.74) is 5.00. The topological polar surface area (TPSA) is 52.3 Å². The first kappa shape index (κ1) is 11.6. The maximum atomic E-state index is 11.4. The van der Waals surface area contributed by atoms with Gasteiger partial charge in [0.25, 0.3) is 0 Å². The number of hydrogen-bond donors (Lipinski definition) is 1. The summed E-state index contributed by atoms with van der Waals surface area (Å²) in [7, 11) is 0. The summed E-state index contributed by atoms with van der Waals surface area (Å²) in [4.78, 5) is 11.4. The highest BCUT2D eigenvalue weighted by molar-refractivity contribution is 5.85. The van der Waals surface area contributed by atoms with Crippen LogP contribution in [0.4, 0.5) is 0 Å². The molecule has 0 atom stereocenters. The summed E-state index contributed by atoms with van der Waals surface area (Å²) < 4.78 is 5.13. The Morgan fingerprint density at radius 1 is 1.50 bits per heavy atom. The van der Waals surface area contributed by atoms with Gasteiger partial charge in [-0.25, -0.2) is 0 Å². The predicted molar refractivity (Wildman–Crippen MR) is 49.0 cm³/mol. The van der Waals surface area contributed by atoms with Gasteiger partial charge < -0.3 is 10.5 Å². The summed E-state index contributed by atoms with van der Waals surface area (Å²) in [6, 6.07) is 0. The second-order valence-electron chi connectivity index (χ2n) is 3.56. The Morgan fingerprint density at radius 2 is 2.08 bits per heavy atom. The van der Waals surface area contributed by atoms with Crippen molar-refractivity contribution in [2.45, 2.75) is 27.2 Å². The number of nitrogens with two attached hydrogens (primary N) is 1. The van der Waals surface area contributed by atoms with E-state index in [0.29, 0.717) is 13.2 Å². The molecule has 0 aromatic carbocycles. The third kappa shape index (κ3) is 3.83. The van der Waals surface area contributed by atoms with Gasteiger partial charge in [0.05, 0.1) is 0 Å². The average molecular weight is 173 g/mol.